The molecule has 0 aliphatic rings. The van der Waals surface area contributed by atoms with Crippen molar-refractivity contribution in [3.63, 3.8) is 0 Å². The molecule has 0 atom stereocenters. The van der Waals surface area contributed by atoms with Gasteiger partial charge in [0.1, 0.15) is 5.82 Å². The summed E-state index contributed by atoms with van der Waals surface area (Å²) in [5.41, 5.74) is 10.6. The first-order chi connectivity index (χ1) is 26.7. The van der Waals surface area contributed by atoms with E-state index in [1.165, 1.54) is 81.7 Å². The monoisotopic (exact) mass is 686 g/mol. The largest absolute Gasteiger partial charge is 0.292 e. The molecule has 1 heterocycles. The van der Waals surface area contributed by atoms with Gasteiger partial charge in [-0.1, -0.05) is 158 Å². The average molecular weight is 687 g/mol. The highest BCUT2D eigenvalue weighted by atomic mass is 15.1. The molecule has 0 bridgehead atoms. The number of nitrogens with zero attached hydrogens (tertiary/aromatic N) is 2. The minimum atomic E-state index is 0.936. The number of aromatic nitrogens is 2. The van der Waals surface area contributed by atoms with Crippen LogP contribution in [0.25, 0.3) is 104 Å². The van der Waals surface area contributed by atoms with Gasteiger partial charge in [-0.25, -0.2) is 4.98 Å². The maximum atomic E-state index is 5.13. The van der Waals surface area contributed by atoms with E-state index in [0.29, 0.717) is 0 Å². The summed E-state index contributed by atoms with van der Waals surface area (Å²) in [4.78, 5) is 5.13. The molecule has 0 fully saturated rings. The maximum absolute atomic E-state index is 5.13. The van der Waals surface area contributed by atoms with E-state index in [4.69, 9.17) is 4.98 Å². The molecule has 0 amide bonds. The molecule has 0 saturated carbocycles. The molecule has 0 aliphatic carbocycles. The Bertz CT molecular complexity index is 3200. The van der Waals surface area contributed by atoms with Crippen molar-refractivity contribution in [2.45, 2.75) is 6.92 Å². The van der Waals surface area contributed by atoms with E-state index in [9.17, 15) is 0 Å². The Morgan fingerprint density at radius 3 is 1.70 bits per heavy atom. The van der Waals surface area contributed by atoms with Crippen molar-refractivity contribution in [1.82, 2.24) is 9.55 Å². The van der Waals surface area contributed by atoms with Gasteiger partial charge in [0.15, 0.2) is 0 Å². The van der Waals surface area contributed by atoms with Crippen LogP contribution >= 0.6 is 0 Å². The van der Waals surface area contributed by atoms with Crippen LogP contribution in [-0.2, 0) is 0 Å². The van der Waals surface area contributed by atoms with Gasteiger partial charge in [0.05, 0.1) is 11.0 Å². The first-order valence-electron chi connectivity index (χ1n) is 18.6. The molecule has 0 saturated heterocycles. The van der Waals surface area contributed by atoms with Gasteiger partial charge in [-0.15, -0.1) is 0 Å². The van der Waals surface area contributed by atoms with Crippen LogP contribution in [0.1, 0.15) is 5.56 Å². The maximum Gasteiger partial charge on any atom is 0.145 e. The van der Waals surface area contributed by atoms with Crippen molar-refractivity contribution in [1.29, 1.82) is 0 Å². The fourth-order valence-electron chi connectivity index (χ4n) is 8.92. The van der Waals surface area contributed by atoms with Gasteiger partial charge in [-0.2, -0.15) is 0 Å². The highest BCUT2D eigenvalue weighted by Crippen LogP contribution is 2.46. The number of hydrogen-bond acceptors (Lipinski definition) is 1. The second-order valence-electron chi connectivity index (χ2n) is 14.3. The summed E-state index contributed by atoms with van der Waals surface area (Å²) in [6, 6.07) is 68.4. The SMILES string of the molecule is Cc1c2ccccc2cc2c1ccc1c(-c3c4ccccc4c(-c4ccc(-c5nc6ccccc6n5-c5ccccc5)cc4)c4ccccc34)cccc12. The zero-order valence-corrected chi connectivity index (χ0v) is 29.8. The highest BCUT2D eigenvalue weighted by Gasteiger charge is 2.20. The lowest BCUT2D eigenvalue weighted by Crippen LogP contribution is -1.97. The second kappa shape index (κ2) is 12.0. The van der Waals surface area contributed by atoms with Crippen molar-refractivity contribution in [2.24, 2.45) is 0 Å². The van der Waals surface area contributed by atoms with E-state index in [1.54, 1.807) is 0 Å². The Morgan fingerprint density at radius 2 is 0.963 bits per heavy atom. The summed E-state index contributed by atoms with van der Waals surface area (Å²) >= 11 is 0. The van der Waals surface area contributed by atoms with Gasteiger partial charge in [0, 0.05) is 11.3 Å². The van der Waals surface area contributed by atoms with E-state index in [1.807, 2.05) is 0 Å². The quantitative estimate of drug-likeness (QED) is 0.133. The first kappa shape index (κ1) is 30.6. The molecular formula is C52H34N2. The third-order valence-corrected chi connectivity index (χ3v) is 11.4. The van der Waals surface area contributed by atoms with Crippen molar-refractivity contribution < 1.29 is 0 Å². The predicted molar refractivity (Wildman–Crippen MR) is 230 cm³/mol. The minimum Gasteiger partial charge on any atom is -0.292 e. The predicted octanol–water partition coefficient (Wildman–Crippen LogP) is 14.1. The first-order valence-corrected chi connectivity index (χ1v) is 18.6. The Balaban J connectivity index is 1.12. The van der Waals surface area contributed by atoms with Crippen molar-refractivity contribution >= 4 is 64.9 Å². The molecule has 0 unspecified atom stereocenters. The standard InChI is InChI=1S/C52H34N2/c1-33-38-17-6-5-14-36(38)32-47-39(33)30-31-41-40(47)22-13-23-42(41)51-45-20-9-7-18-43(45)50(44-19-8-10-21-46(44)51)34-26-28-35(29-27-34)52-53-48-24-11-12-25-49(48)54(52)37-15-3-2-4-16-37/h2-32H,1H3. The fraction of sp³-hybridized carbons (Fsp3) is 0.0192. The lowest BCUT2D eigenvalue weighted by atomic mass is 9.84. The van der Waals surface area contributed by atoms with Gasteiger partial charge in [-0.3, -0.25) is 4.57 Å². The zero-order chi connectivity index (χ0) is 35.8. The van der Waals surface area contributed by atoms with E-state index in [2.05, 4.69) is 200 Å². The van der Waals surface area contributed by atoms with E-state index < -0.39 is 0 Å². The summed E-state index contributed by atoms with van der Waals surface area (Å²) < 4.78 is 2.26. The van der Waals surface area contributed by atoms with Crippen LogP contribution in [0.2, 0.25) is 0 Å². The molecule has 0 N–H and O–H groups in total. The Kier molecular flexibility index (Phi) is 6.80. The molecule has 1 aromatic heterocycles. The number of aryl methyl sites for hydroxylation is 1. The summed E-state index contributed by atoms with van der Waals surface area (Å²) in [5.74, 6) is 0.936. The summed E-state index contributed by atoms with van der Waals surface area (Å²) in [6.07, 6.45) is 0. The van der Waals surface area contributed by atoms with Crippen molar-refractivity contribution in [2.75, 3.05) is 0 Å². The van der Waals surface area contributed by atoms with Crippen LogP contribution < -0.4 is 0 Å². The van der Waals surface area contributed by atoms with Crippen LogP contribution in [0, 0.1) is 6.92 Å². The summed E-state index contributed by atoms with van der Waals surface area (Å²) in [6.45, 7) is 2.26. The fourth-order valence-corrected chi connectivity index (χ4v) is 8.92. The zero-order valence-electron chi connectivity index (χ0n) is 29.8. The molecule has 0 spiro atoms. The number of imidazole rings is 1. The normalized spacial score (nSPS) is 11.8. The Hall–Kier alpha value is -7.03. The Labute approximate surface area is 313 Å². The topological polar surface area (TPSA) is 17.8 Å². The molecule has 11 aromatic rings. The summed E-state index contributed by atoms with van der Waals surface area (Å²) in [7, 11) is 0. The van der Waals surface area contributed by atoms with E-state index in [-0.39, 0.29) is 0 Å². The number of hydrogen-bond donors (Lipinski definition) is 0. The molecule has 2 nitrogen and oxygen atoms in total. The third-order valence-electron chi connectivity index (χ3n) is 11.4. The van der Waals surface area contributed by atoms with Gasteiger partial charge in [0.25, 0.3) is 0 Å². The molecule has 2 heteroatoms. The molecule has 10 aromatic carbocycles. The van der Waals surface area contributed by atoms with Crippen LogP contribution in [0.5, 0.6) is 0 Å². The molecule has 0 aliphatic heterocycles. The van der Waals surface area contributed by atoms with E-state index >= 15 is 0 Å². The number of benzene rings is 10. The third kappa shape index (κ3) is 4.57. The summed E-state index contributed by atoms with van der Waals surface area (Å²) in [5, 5.41) is 12.8. The molecule has 11 rings (SSSR count). The van der Waals surface area contributed by atoms with Gasteiger partial charge in [0.2, 0.25) is 0 Å². The minimum absolute atomic E-state index is 0.936. The molecule has 0 radical (unpaired) electrons. The average Bonchev–Trinajstić information content (AvgIpc) is 3.63. The van der Waals surface area contributed by atoms with Gasteiger partial charge < -0.3 is 0 Å². The van der Waals surface area contributed by atoms with Crippen LogP contribution in [-0.4, -0.2) is 9.55 Å². The lowest BCUT2D eigenvalue weighted by Gasteiger charge is -2.19. The highest BCUT2D eigenvalue weighted by molar-refractivity contribution is 6.25. The van der Waals surface area contributed by atoms with Crippen molar-refractivity contribution in [3.05, 3.63) is 194 Å². The number of rotatable bonds is 4. The number of fused-ring (bicyclic) bond motifs is 7. The van der Waals surface area contributed by atoms with Gasteiger partial charge in [-0.05, 0) is 119 Å². The second-order valence-corrected chi connectivity index (χ2v) is 14.3. The Morgan fingerprint density at radius 1 is 0.389 bits per heavy atom. The van der Waals surface area contributed by atoms with Crippen LogP contribution in [0.15, 0.2) is 188 Å². The molecular weight excluding hydrogens is 653 g/mol. The number of para-hydroxylation sites is 3. The molecule has 54 heavy (non-hydrogen) atoms. The van der Waals surface area contributed by atoms with Crippen molar-refractivity contribution in [3.8, 4) is 39.3 Å². The van der Waals surface area contributed by atoms with Gasteiger partial charge >= 0.3 is 0 Å². The van der Waals surface area contributed by atoms with Crippen LogP contribution in [0.3, 0.4) is 0 Å². The lowest BCUT2D eigenvalue weighted by molar-refractivity contribution is 1.10. The van der Waals surface area contributed by atoms with Crippen LogP contribution in [0.4, 0.5) is 0 Å². The van der Waals surface area contributed by atoms with E-state index in [0.717, 1.165) is 28.1 Å². The smallest absolute Gasteiger partial charge is 0.145 e. The molecule has 252 valence electrons.